The summed E-state index contributed by atoms with van der Waals surface area (Å²) in [5, 5.41) is 8.16. The van der Waals surface area contributed by atoms with Gasteiger partial charge < -0.3 is 10.6 Å². The lowest BCUT2D eigenvalue weighted by Crippen LogP contribution is -2.18. The number of hydrogen-bond acceptors (Lipinski definition) is 4. The molecule has 22 heavy (non-hydrogen) atoms. The number of thiazole rings is 1. The topological polar surface area (TPSA) is 71.1 Å². The van der Waals surface area contributed by atoms with E-state index in [1.54, 1.807) is 30.6 Å². The summed E-state index contributed by atoms with van der Waals surface area (Å²) in [6.45, 7) is 3.93. The van der Waals surface area contributed by atoms with Gasteiger partial charge in [0.2, 0.25) is 0 Å². The number of carbonyl (C=O) groups is 2. The summed E-state index contributed by atoms with van der Waals surface area (Å²) in [5.41, 5.74) is 2.52. The van der Waals surface area contributed by atoms with Crippen LogP contribution in [0.5, 0.6) is 0 Å². The molecule has 116 valence electrons. The van der Waals surface area contributed by atoms with E-state index in [4.69, 9.17) is 0 Å². The molecule has 0 unspecified atom stereocenters. The van der Waals surface area contributed by atoms with E-state index in [0.717, 1.165) is 23.4 Å². The molecule has 5 nitrogen and oxygen atoms in total. The third kappa shape index (κ3) is 3.71. The molecule has 0 radical (unpaired) electrons. The summed E-state index contributed by atoms with van der Waals surface area (Å²) < 4.78 is 0. The summed E-state index contributed by atoms with van der Waals surface area (Å²) in [6.07, 6.45) is 1.90. The van der Waals surface area contributed by atoms with Crippen LogP contribution in [-0.4, -0.2) is 23.8 Å². The molecule has 0 bridgehead atoms. The predicted octanol–water partition coefficient (Wildman–Crippen LogP) is 3.02. The van der Waals surface area contributed by atoms with Gasteiger partial charge in [-0.2, -0.15) is 0 Å². The van der Waals surface area contributed by atoms with E-state index in [2.05, 4.69) is 22.5 Å². The van der Waals surface area contributed by atoms with Gasteiger partial charge in [0.1, 0.15) is 5.69 Å². The number of nitrogens with one attached hydrogen (secondary N) is 2. The molecule has 0 aliphatic carbocycles. The van der Waals surface area contributed by atoms with Crippen LogP contribution in [0, 0.1) is 6.92 Å². The number of nitrogens with zero attached hydrogens (tertiary/aromatic N) is 1. The standard InChI is InChI=1S/C16H19N3O2S/c1-4-5-14-18-13(9-22-14)16(21)19-12-7-6-11(8-10(12)2)15(20)17-3/h6-9H,4-5H2,1-3H3,(H,17,20)(H,19,21). The lowest BCUT2D eigenvalue weighted by Gasteiger charge is -2.09. The molecule has 1 heterocycles. The highest BCUT2D eigenvalue weighted by Gasteiger charge is 2.13. The van der Waals surface area contributed by atoms with Crippen LogP contribution in [0.1, 0.15) is 44.8 Å². The van der Waals surface area contributed by atoms with Crippen LogP contribution >= 0.6 is 11.3 Å². The van der Waals surface area contributed by atoms with Gasteiger partial charge in [-0.1, -0.05) is 6.92 Å². The van der Waals surface area contributed by atoms with E-state index in [1.807, 2.05) is 6.92 Å². The molecule has 0 saturated carbocycles. The monoisotopic (exact) mass is 317 g/mol. The zero-order chi connectivity index (χ0) is 16.1. The fourth-order valence-electron chi connectivity index (χ4n) is 2.02. The Bertz CT molecular complexity index is 694. The Balaban J connectivity index is 2.12. The number of hydrogen-bond donors (Lipinski definition) is 2. The third-order valence-corrected chi connectivity index (χ3v) is 4.12. The van der Waals surface area contributed by atoms with Crippen LogP contribution in [0.15, 0.2) is 23.6 Å². The fourth-order valence-corrected chi connectivity index (χ4v) is 2.90. The van der Waals surface area contributed by atoms with Crippen molar-refractivity contribution in [1.29, 1.82) is 0 Å². The smallest absolute Gasteiger partial charge is 0.275 e. The third-order valence-electron chi connectivity index (χ3n) is 3.21. The summed E-state index contributed by atoms with van der Waals surface area (Å²) in [6, 6.07) is 5.17. The Morgan fingerprint density at radius 3 is 2.68 bits per heavy atom. The van der Waals surface area contributed by atoms with E-state index in [1.165, 1.54) is 11.3 Å². The summed E-state index contributed by atoms with van der Waals surface area (Å²) in [7, 11) is 1.59. The average Bonchev–Trinajstić information content (AvgIpc) is 2.97. The molecule has 1 aromatic heterocycles. The number of aryl methyl sites for hydroxylation is 2. The minimum atomic E-state index is -0.227. The van der Waals surface area contributed by atoms with Gasteiger partial charge in [0.15, 0.2) is 0 Å². The normalized spacial score (nSPS) is 10.3. The highest BCUT2D eigenvalue weighted by molar-refractivity contribution is 7.09. The second kappa shape index (κ2) is 7.17. The van der Waals surface area contributed by atoms with Crippen LogP contribution in [0.3, 0.4) is 0 Å². The molecule has 0 fully saturated rings. The second-order valence-electron chi connectivity index (χ2n) is 4.94. The van der Waals surface area contributed by atoms with Crippen molar-refractivity contribution in [2.24, 2.45) is 0 Å². The summed E-state index contributed by atoms with van der Waals surface area (Å²) in [4.78, 5) is 28.1. The van der Waals surface area contributed by atoms with Crippen LogP contribution in [0.4, 0.5) is 5.69 Å². The molecule has 2 rings (SSSR count). The summed E-state index contributed by atoms with van der Waals surface area (Å²) >= 11 is 1.50. The first kappa shape index (κ1) is 16.2. The van der Waals surface area contributed by atoms with Crippen molar-refractivity contribution < 1.29 is 9.59 Å². The van der Waals surface area contributed by atoms with Crippen LogP contribution in [-0.2, 0) is 6.42 Å². The molecule has 0 aliphatic heterocycles. The molecule has 0 aliphatic rings. The SMILES string of the molecule is CCCc1nc(C(=O)Nc2ccc(C(=O)NC)cc2C)cs1. The second-order valence-corrected chi connectivity index (χ2v) is 5.88. The zero-order valence-electron chi connectivity index (χ0n) is 12.9. The van der Waals surface area contributed by atoms with Crippen molar-refractivity contribution in [3.05, 3.63) is 45.4 Å². The first-order valence-corrected chi connectivity index (χ1v) is 8.01. The average molecular weight is 317 g/mol. The number of rotatable bonds is 5. The lowest BCUT2D eigenvalue weighted by molar-refractivity contribution is 0.0962. The van der Waals surface area contributed by atoms with Crippen molar-refractivity contribution in [3.8, 4) is 0 Å². The van der Waals surface area contributed by atoms with Gasteiger partial charge in [-0.05, 0) is 43.5 Å². The highest BCUT2D eigenvalue weighted by atomic mass is 32.1. The molecular formula is C16H19N3O2S. The predicted molar refractivity (Wildman–Crippen MR) is 88.6 cm³/mol. The van der Waals surface area contributed by atoms with E-state index >= 15 is 0 Å². The van der Waals surface area contributed by atoms with Crippen LogP contribution in [0.2, 0.25) is 0 Å². The molecule has 0 spiro atoms. The van der Waals surface area contributed by atoms with E-state index in [9.17, 15) is 9.59 Å². The Kier molecular flexibility index (Phi) is 5.27. The van der Waals surface area contributed by atoms with Crippen molar-refractivity contribution in [2.45, 2.75) is 26.7 Å². The Morgan fingerprint density at radius 2 is 2.05 bits per heavy atom. The Hall–Kier alpha value is -2.21. The Morgan fingerprint density at radius 1 is 1.27 bits per heavy atom. The first-order chi connectivity index (χ1) is 10.5. The van der Waals surface area contributed by atoms with E-state index in [0.29, 0.717) is 16.9 Å². The van der Waals surface area contributed by atoms with Gasteiger partial charge in [0.25, 0.3) is 11.8 Å². The van der Waals surface area contributed by atoms with Crippen LogP contribution < -0.4 is 10.6 Å². The molecular weight excluding hydrogens is 298 g/mol. The number of benzene rings is 1. The number of anilines is 1. The lowest BCUT2D eigenvalue weighted by atomic mass is 10.1. The molecule has 2 aromatic rings. The van der Waals surface area contributed by atoms with Crippen molar-refractivity contribution in [3.63, 3.8) is 0 Å². The number of aromatic nitrogens is 1. The van der Waals surface area contributed by atoms with Gasteiger partial charge in [0.05, 0.1) is 5.01 Å². The minimum absolute atomic E-state index is 0.148. The highest BCUT2D eigenvalue weighted by Crippen LogP contribution is 2.19. The van der Waals surface area contributed by atoms with Crippen molar-refractivity contribution in [2.75, 3.05) is 12.4 Å². The first-order valence-electron chi connectivity index (χ1n) is 7.13. The molecule has 2 amide bonds. The quantitative estimate of drug-likeness (QED) is 0.890. The zero-order valence-corrected chi connectivity index (χ0v) is 13.7. The molecule has 0 atom stereocenters. The number of amides is 2. The number of carbonyl (C=O) groups excluding carboxylic acids is 2. The maximum absolute atomic E-state index is 12.2. The van der Waals surface area contributed by atoms with Gasteiger partial charge in [-0.3, -0.25) is 9.59 Å². The summed E-state index contributed by atoms with van der Waals surface area (Å²) in [5.74, 6) is -0.376. The molecule has 6 heteroatoms. The molecule has 1 aromatic carbocycles. The largest absolute Gasteiger partial charge is 0.355 e. The van der Waals surface area contributed by atoms with Gasteiger partial charge in [-0.25, -0.2) is 4.98 Å². The van der Waals surface area contributed by atoms with Gasteiger partial charge in [-0.15, -0.1) is 11.3 Å². The molecule has 0 saturated heterocycles. The maximum atomic E-state index is 12.2. The Labute approximate surface area is 133 Å². The van der Waals surface area contributed by atoms with Gasteiger partial charge in [0, 0.05) is 23.7 Å². The van der Waals surface area contributed by atoms with E-state index in [-0.39, 0.29) is 11.8 Å². The fraction of sp³-hybridized carbons (Fsp3) is 0.312. The maximum Gasteiger partial charge on any atom is 0.275 e. The van der Waals surface area contributed by atoms with Crippen LogP contribution in [0.25, 0.3) is 0 Å². The van der Waals surface area contributed by atoms with Crippen molar-refractivity contribution >= 4 is 28.8 Å². The molecule has 2 N–H and O–H groups in total. The van der Waals surface area contributed by atoms with Gasteiger partial charge >= 0.3 is 0 Å². The van der Waals surface area contributed by atoms with Crippen molar-refractivity contribution in [1.82, 2.24) is 10.3 Å². The minimum Gasteiger partial charge on any atom is -0.355 e. The van der Waals surface area contributed by atoms with E-state index < -0.39 is 0 Å².